The predicted molar refractivity (Wildman–Crippen MR) is 183 cm³/mol. The van der Waals surface area contributed by atoms with Crippen LogP contribution in [0.4, 0.5) is 5.69 Å². The highest BCUT2D eigenvalue weighted by Crippen LogP contribution is 2.34. The van der Waals surface area contributed by atoms with E-state index in [1.54, 1.807) is 54.6 Å². The number of nitrogens with zero attached hydrogens (tertiary/aromatic N) is 2. The number of nitrogens with one attached hydrogen (secondary N) is 1. The fraction of sp³-hybridized carbons (Fsp3) is 0.257. The molecule has 4 aromatic carbocycles. The zero-order chi connectivity index (χ0) is 33.3. The fourth-order valence-corrected chi connectivity index (χ4v) is 6.89. The summed E-state index contributed by atoms with van der Waals surface area (Å²) in [5.74, 6) is -0.705. The van der Waals surface area contributed by atoms with Gasteiger partial charge in [0.05, 0.1) is 17.7 Å². The molecule has 0 spiro atoms. The zero-order valence-corrected chi connectivity index (χ0v) is 28.3. The van der Waals surface area contributed by atoms with E-state index < -0.39 is 28.5 Å². The molecule has 0 heterocycles. The molecule has 8 nitrogen and oxygen atoms in total. The summed E-state index contributed by atoms with van der Waals surface area (Å²) in [5.41, 5.74) is 2.33. The Morgan fingerprint density at radius 3 is 2.22 bits per heavy atom. The lowest BCUT2D eigenvalue weighted by Gasteiger charge is -2.34. The summed E-state index contributed by atoms with van der Waals surface area (Å²) in [6.45, 7) is 3.47. The number of hydrogen-bond donors (Lipinski definition) is 1. The molecule has 0 saturated carbocycles. The van der Waals surface area contributed by atoms with Gasteiger partial charge in [-0.05, 0) is 66.4 Å². The highest BCUT2D eigenvalue weighted by atomic mass is 35.5. The zero-order valence-electron chi connectivity index (χ0n) is 26.0. The van der Waals surface area contributed by atoms with E-state index in [1.165, 1.54) is 24.1 Å². The summed E-state index contributed by atoms with van der Waals surface area (Å²) in [5, 5.41) is 3.65. The molecule has 11 heteroatoms. The normalized spacial score (nSPS) is 11.8. The van der Waals surface area contributed by atoms with Crippen molar-refractivity contribution in [1.29, 1.82) is 0 Å². The Labute approximate surface area is 280 Å². The van der Waals surface area contributed by atoms with Crippen molar-refractivity contribution in [3.63, 3.8) is 0 Å². The number of amides is 2. The third kappa shape index (κ3) is 8.60. The van der Waals surface area contributed by atoms with Gasteiger partial charge in [0.2, 0.25) is 11.8 Å². The lowest BCUT2D eigenvalue weighted by Crippen LogP contribution is -2.53. The van der Waals surface area contributed by atoms with Gasteiger partial charge in [0.15, 0.2) is 0 Å². The first-order chi connectivity index (χ1) is 22.0. The summed E-state index contributed by atoms with van der Waals surface area (Å²) in [4.78, 5) is 29.8. The van der Waals surface area contributed by atoms with Crippen molar-refractivity contribution in [2.45, 2.75) is 44.2 Å². The molecule has 1 atom stereocenters. The van der Waals surface area contributed by atoms with Crippen molar-refractivity contribution >= 4 is 50.7 Å². The molecule has 0 saturated heterocycles. The Morgan fingerprint density at radius 2 is 1.59 bits per heavy atom. The van der Waals surface area contributed by atoms with E-state index in [0.29, 0.717) is 28.6 Å². The van der Waals surface area contributed by atoms with Crippen molar-refractivity contribution in [3.05, 3.63) is 124 Å². The molecule has 4 aromatic rings. The van der Waals surface area contributed by atoms with Gasteiger partial charge in [-0.15, -0.1) is 0 Å². The van der Waals surface area contributed by atoms with Gasteiger partial charge in [-0.25, -0.2) is 8.42 Å². The topological polar surface area (TPSA) is 96.0 Å². The van der Waals surface area contributed by atoms with Gasteiger partial charge < -0.3 is 15.0 Å². The summed E-state index contributed by atoms with van der Waals surface area (Å²) < 4.78 is 35.1. The first-order valence-electron chi connectivity index (χ1n) is 14.8. The summed E-state index contributed by atoms with van der Waals surface area (Å²) in [7, 11) is -2.84. The number of methoxy groups -OCH3 is 1. The van der Waals surface area contributed by atoms with Crippen molar-refractivity contribution in [2.75, 3.05) is 24.5 Å². The first kappa shape index (κ1) is 34.8. The van der Waals surface area contributed by atoms with Gasteiger partial charge in [-0.3, -0.25) is 13.9 Å². The maximum atomic E-state index is 14.6. The van der Waals surface area contributed by atoms with Crippen LogP contribution in [0.3, 0.4) is 0 Å². The number of benzene rings is 4. The second-order valence-electron chi connectivity index (χ2n) is 10.8. The minimum Gasteiger partial charge on any atom is -0.495 e. The summed E-state index contributed by atoms with van der Waals surface area (Å²) >= 11 is 12.7. The molecule has 2 amide bonds. The number of aryl methyl sites for hydroxylation is 1. The molecular weight excluding hydrogens is 645 g/mol. The molecule has 0 aromatic heterocycles. The molecule has 4 rings (SSSR count). The maximum absolute atomic E-state index is 14.6. The van der Waals surface area contributed by atoms with Crippen molar-refractivity contribution in [1.82, 2.24) is 10.2 Å². The Kier molecular flexibility index (Phi) is 12.1. The number of hydrogen-bond acceptors (Lipinski definition) is 5. The average molecular weight is 683 g/mol. The number of carbonyl (C=O) groups excluding carboxylic acids is 2. The summed E-state index contributed by atoms with van der Waals surface area (Å²) in [6, 6.07) is 26.2. The smallest absolute Gasteiger partial charge is 0.264 e. The van der Waals surface area contributed by atoms with Crippen LogP contribution in [0.2, 0.25) is 10.0 Å². The molecule has 1 N–H and O–H groups in total. The molecule has 0 radical (unpaired) electrons. The van der Waals surface area contributed by atoms with Gasteiger partial charge in [0.25, 0.3) is 10.0 Å². The van der Waals surface area contributed by atoms with E-state index in [9.17, 15) is 18.0 Å². The van der Waals surface area contributed by atoms with Gasteiger partial charge in [0, 0.05) is 29.6 Å². The Balaban J connectivity index is 1.86. The minimum atomic E-state index is -4.28. The van der Waals surface area contributed by atoms with Gasteiger partial charge in [-0.2, -0.15) is 0 Å². The molecule has 46 heavy (non-hydrogen) atoms. The fourth-order valence-electron chi connectivity index (χ4n) is 4.98. The highest BCUT2D eigenvalue weighted by Gasteiger charge is 2.35. The van der Waals surface area contributed by atoms with Crippen LogP contribution in [-0.2, 0) is 32.6 Å². The Bertz CT molecular complexity index is 1760. The van der Waals surface area contributed by atoms with Crippen LogP contribution in [0.5, 0.6) is 5.75 Å². The van der Waals surface area contributed by atoms with Gasteiger partial charge >= 0.3 is 0 Å². The highest BCUT2D eigenvalue weighted by molar-refractivity contribution is 7.92. The van der Waals surface area contributed by atoms with Gasteiger partial charge in [0.1, 0.15) is 18.3 Å². The van der Waals surface area contributed by atoms with Crippen LogP contribution in [0.25, 0.3) is 0 Å². The molecule has 242 valence electrons. The van der Waals surface area contributed by atoms with Crippen LogP contribution in [0.1, 0.15) is 30.0 Å². The first-order valence-corrected chi connectivity index (χ1v) is 17.0. The summed E-state index contributed by atoms with van der Waals surface area (Å²) in [6.07, 6.45) is 0.879. The van der Waals surface area contributed by atoms with Crippen LogP contribution in [0.15, 0.2) is 102 Å². The Morgan fingerprint density at radius 1 is 0.913 bits per heavy atom. The second kappa shape index (κ2) is 16.0. The SMILES string of the molecule is CCCNC(=O)C(Cc1ccccc1)N(Cc1ccc(Cl)cc1Cl)C(=O)CN(c1cc(C)ccc1OC)S(=O)(=O)c1ccccc1. The van der Waals surface area contributed by atoms with Crippen LogP contribution in [-0.4, -0.2) is 51.4 Å². The van der Waals surface area contributed by atoms with E-state index in [1.807, 2.05) is 44.2 Å². The van der Waals surface area contributed by atoms with Crippen molar-refractivity contribution < 1.29 is 22.7 Å². The molecule has 0 bridgehead atoms. The molecule has 0 aliphatic rings. The molecular formula is C35H37Cl2N3O5S. The third-order valence-electron chi connectivity index (χ3n) is 7.39. The number of halogens is 2. The molecule has 1 unspecified atom stereocenters. The Hall–Kier alpha value is -4.05. The lowest BCUT2D eigenvalue weighted by molar-refractivity contribution is -0.140. The lowest BCUT2D eigenvalue weighted by atomic mass is 10.0. The van der Waals surface area contributed by atoms with Crippen molar-refractivity contribution in [3.8, 4) is 5.75 Å². The van der Waals surface area contributed by atoms with E-state index in [0.717, 1.165) is 15.4 Å². The van der Waals surface area contributed by atoms with E-state index in [2.05, 4.69) is 5.32 Å². The number of rotatable bonds is 14. The average Bonchev–Trinajstić information content (AvgIpc) is 3.05. The second-order valence-corrected chi connectivity index (χ2v) is 13.5. The molecule has 0 fully saturated rings. The van der Waals surface area contributed by atoms with E-state index in [4.69, 9.17) is 27.9 Å². The maximum Gasteiger partial charge on any atom is 0.264 e. The predicted octanol–water partition coefficient (Wildman–Crippen LogP) is 6.67. The van der Waals surface area contributed by atoms with E-state index in [-0.39, 0.29) is 35.2 Å². The van der Waals surface area contributed by atoms with Crippen molar-refractivity contribution in [2.24, 2.45) is 0 Å². The minimum absolute atomic E-state index is 0.000166. The number of sulfonamides is 1. The van der Waals surface area contributed by atoms with E-state index >= 15 is 0 Å². The van der Waals surface area contributed by atoms with Crippen LogP contribution in [0, 0.1) is 6.92 Å². The largest absolute Gasteiger partial charge is 0.495 e. The monoisotopic (exact) mass is 681 g/mol. The van der Waals surface area contributed by atoms with Crippen LogP contribution >= 0.6 is 23.2 Å². The number of ether oxygens (including phenoxy) is 1. The molecule has 0 aliphatic heterocycles. The number of anilines is 1. The number of carbonyl (C=O) groups is 2. The molecule has 0 aliphatic carbocycles. The third-order valence-corrected chi connectivity index (χ3v) is 9.75. The van der Waals surface area contributed by atoms with Crippen LogP contribution < -0.4 is 14.4 Å². The van der Waals surface area contributed by atoms with Gasteiger partial charge in [-0.1, -0.05) is 90.8 Å². The quantitative estimate of drug-likeness (QED) is 0.160. The standard InChI is InChI=1S/C35H37Cl2N3O5S/c1-4-19-38-35(42)32(21-26-11-7-5-8-12-26)39(23-27-16-17-28(36)22-30(27)37)34(41)24-40(31-20-25(2)15-18-33(31)45-3)46(43,44)29-13-9-6-10-14-29/h5-18,20,22,32H,4,19,21,23-24H2,1-3H3,(H,38,42).